The van der Waals surface area contributed by atoms with Crippen LogP contribution in [0, 0.1) is 16.7 Å². The van der Waals surface area contributed by atoms with E-state index in [0.29, 0.717) is 28.7 Å². The molecule has 4 nitrogen and oxygen atoms in total. The maximum Gasteiger partial charge on any atom is 0.231 e. The fraction of sp³-hybridized carbons (Fsp3) is 0.385. The van der Waals surface area contributed by atoms with E-state index >= 15 is 0 Å². The lowest BCUT2D eigenvalue weighted by molar-refractivity contribution is -0.124. The first-order valence-corrected chi connectivity index (χ1v) is 6.47. The van der Waals surface area contributed by atoms with Gasteiger partial charge in [0.05, 0.1) is 22.7 Å². The SMILES string of the molecule is CCC(C)(CN)C(=O)Nc1ccc(C#N)cc1Br. The lowest BCUT2D eigenvalue weighted by atomic mass is 9.86. The van der Waals surface area contributed by atoms with Gasteiger partial charge >= 0.3 is 0 Å². The van der Waals surface area contributed by atoms with Crippen LogP contribution in [-0.4, -0.2) is 12.5 Å². The number of nitrogens with one attached hydrogen (secondary N) is 1. The zero-order chi connectivity index (χ0) is 13.8. The maximum absolute atomic E-state index is 12.1. The molecule has 1 unspecified atom stereocenters. The number of nitrogens with two attached hydrogens (primary N) is 1. The van der Waals surface area contributed by atoms with E-state index in [1.807, 2.05) is 19.9 Å². The summed E-state index contributed by atoms with van der Waals surface area (Å²) in [6.07, 6.45) is 0.670. The van der Waals surface area contributed by atoms with Gasteiger partial charge in [0.1, 0.15) is 0 Å². The Morgan fingerprint density at radius 3 is 2.72 bits per heavy atom. The van der Waals surface area contributed by atoms with Crippen molar-refractivity contribution in [2.45, 2.75) is 20.3 Å². The van der Waals surface area contributed by atoms with Gasteiger partial charge in [0.25, 0.3) is 0 Å². The molecule has 0 aromatic heterocycles. The lowest BCUT2D eigenvalue weighted by Crippen LogP contribution is -2.39. The Morgan fingerprint density at radius 2 is 2.28 bits per heavy atom. The molecule has 18 heavy (non-hydrogen) atoms. The molecule has 1 amide bonds. The number of carbonyl (C=O) groups excluding carboxylic acids is 1. The summed E-state index contributed by atoms with van der Waals surface area (Å²) in [4.78, 5) is 12.1. The molecule has 1 aromatic rings. The maximum atomic E-state index is 12.1. The van der Waals surface area contributed by atoms with Gasteiger partial charge in [-0.2, -0.15) is 5.26 Å². The summed E-state index contributed by atoms with van der Waals surface area (Å²) < 4.78 is 0.686. The second-order valence-corrected chi connectivity index (χ2v) is 5.23. The first-order valence-electron chi connectivity index (χ1n) is 5.68. The minimum atomic E-state index is -0.576. The quantitative estimate of drug-likeness (QED) is 0.897. The van der Waals surface area contributed by atoms with Gasteiger partial charge in [-0.25, -0.2) is 0 Å². The van der Waals surface area contributed by atoms with E-state index in [4.69, 9.17) is 11.0 Å². The van der Waals surface area contributed by atoms with Crippen molar-refractivity contribution in [2.24, 2.45) is 11.1 Å². The second-order valence-electron chi connectivity index (χ2n) is 4.38. The van der Waals surface area contributed by atoms with Crippen molar-refractivity contribution in [2.75, 3.05) is 11.9 Å². The van der Waals surface area contributed by atoms with Gasteiger partial charge in [0.15, 0.2) is 0 Å². The van der Waals surface area contributed by atoms with Crippen molar-refractivity contribution in [3.05, 3.63) is 28.2 Å². The van der Waals surface area contributed by atoms with Crippen LogP contribution < -0.4 is 11.1 Å². The molecule has 0 saturated carbocycles. The molecule has 0 heterocycles. The highest BCUT2D eigenvalue weighted by atomic mass is 79.9. The van der Waals surface area contributed by atoms with E-state index in [9.17, 15) is 4.79 Å². The minimum absolute atomic E-state index is 0.113. The standard InChI is InChI=1S/C13H16BrN3O/c1-3-13(2,8-16)12(18)17-11-5-4-9(7-15)6-10(11)14/h4-6H,3,8,16H2,1-2H3,(H,17,18). The number of halogens is 1. The van der Waals surface area contributed by atoms with Crippen LogP contribution in [0.3, 0.4) is 0 Å². The Labute approximate surface area is 115 Å². The average molecular weight is 310 g/mol. The van der Waals surface area contributed by atoms with E-state index in [0.717, 1.165) is 0 Å². The molecule has 1 atom stereocenters. The van der Waals surface area contributed by atoms with Crippen molar-refractivity contribution < 1.29 is 4.79 Å². The average Bonchev–Trinajstić information content (AvgIpc) is 2.39. The van der Waals surface area contributed by atoms with Gasteiger partial charge in [-0.05, 0) is 47.5 Å². The number of nitrogens with zero attached hydrogens (tertiary/aromatic N) is 1. The summed E-state index contributed by atoms with van der Waals surface area (Å²) >= 11 is 3.33. The molecule has 0 bridgehead atoms. The first-order chi connectivity index (χ1) is 8.46. The van der Waals surface area contributed by atoms with Gasteiger partial charge in [-0.3, -0.25) is 4.79 Å². The molecule has 0 aliphatic rings. The van der Waals surface area contributed by atoms with Crippen LogP contribution in [-0.2, 0) is 4.79 Å². The van der Waals surface area contributed by atoms with Crippen LogP contribution >= 0.6 is 15.9 Å². The predicted octanol–water partition coefficient (Wildman–Crippen LogP) is 2.63. The third-order valence-electron chi connectivity index (χ3n) is 3.13. The van der Waals surface area contributed by atoms with E-state index in [1.165, 1.54) is 0 Å². The van der Waals surface area contributed by atoms with Gasteiger partial charge in [0.2, 0.25) is 5.91 Å². The van der Waals surface area contributed by atoms with Gasteiger partial charge < -0.3 is 11.1 Å². The molecule has 0 radical (unpaired) electrons. The second kappa shape index (κ2) is 5.98. The van der Waals surface area contributed by atoms with Crippen LogP contribution in [0.1, 0.15) is 25.8 Å². The summed E-state index contributed by atoms with van der Waals surface area (Å²) in [5.41, 5.74) is 6.25. The van der Waals surface area contributed by atoms with Gasteiger partial charge in [-0.1, -0.05) is 6.92 Å². The van der Waals surface area contributed by atoms with E-state index in [2.05, 4.69) is 21.2 Å². The fourth-order valence-corrected chi connectivity index (χ4v) is 1.83. The number of hydrogen-bond donors (Lipinski definition) is 2. The van der Waals surface area contributed by atoms with Gasteiger partial charge in [-0.15, -0.1) is 0 Å². The molecule has 0 aliphatic carbocycles. The van der Waals surface area contributed by atoms with E-state index < -0.39 is 5.41 Å². The Balaban J connectivity index is 2.92. The summed E-state index contributed by atoms with van der Waals surface area (Å²) in [6, 6.07) is 7.07. The Morgan fingerprint density at radius 1 is 1.61 bits per heavy atom. The summed E-state index contributed by atoms with van der Waals surface area (Å²) in [6.45, 7) is 4.06. The van der Waals surface area contributed by atoms with Crippen molar-refractivity contribution in [3.8, 4) is 6.07 Å². The molecule has 0 fully saturated rings. The number of hydrogen-bond acceptors (Lipinski definition) is 3. The molecule has 0 saturated heterocycles. The van der Waals surface area contributed by atoms with Gasteiger partial charge in [0, 0.05) is 11.0 Å². The first kappa shape index (κ1) is 14.7. The monoisotopic (exact) mass is 309 g/mol. The largest absolute Gasteiger partial charge is 0.329 e. The Kier molecular flexibility index (Phi) is 4.88. The van der Waals surface area contributed by atoms with Crippen molar-refractivity contribution >= 4 is 27.5 Å². The third kappa shape index (κ3) is 3.09. The predicted molar refractivity (Wildman–Crippen MR) is 74.9 cm³/mol. The molecule has 3 N–H and O–H groups in total. The van der Waals surface area contributed by atoms with Crippen molar-refractivity contribution in [3.63, 3.8) is 0 Å². The highest BCUT2D eigenvalue weighted by Gasteiger charge is 2.29. The number of carbonyl (C=O) groups is 1. The minimum Gasteiger partial charge on any atom is -0.329 e. The van der Waals surface area contributed by atoms with Crippen LogP contribution in [0.4, 0.5) is 5.69 Å². The Bertz CT molecular complexity index is 489. The number of anilines is 1. The van der Waals surface area contributed by atoms with Crippen LogP contribution in [0.2, 0.25) is 0 Å². The molecule has 1 aromatic carbocycles. The molecular formula is C13H16BrN3O. The Hall–Kier alpha value is -1.38. The smallest absolute Gasteiger partial charge is 0.231 e. The number of benzene rings is 1. The van der Waals surface area contributed by atoms with Crippen molar-refractivity contribution in [1.82, 2.24) is 0 Å². The lowest BCUT2D eigenvalue weighted by Gasteiger charge is -2.25. The summed E-state index contributed by atoms with van der Waals surface area (Å²) in [5, 5.41) is 11.6. The third-order valence-corrected chi connectivity index (χ3v) is 3.78. The molecule has 96 valence electrons. The van der Waals surface area contributed by atoms with Crippen LogP contribution in [0.5, 0.6) is 0 Å². The molecular weight excluding hydrogens is 294 g/mol. The normalized spacial score (nSPS) is 13.5. The summed E-state index contributed by atoms with van der Waals surface area (Å²) in [5.74, 6) is -0.113. The molecule has 0 spiro atoms. The van der Waals surface area contributed by atoms with Crippen molar-refractivity contribution in [1.29, 1.82) is 5.26 Å². The van der Waals surface area contributed by atoms with Crippen LogP contribution in [0.15, 0.2) is 22.7 Å². The topological polar surface area (TPSA) is 78.9 Å². The number of amides is 1. The molecule has 0 aliphatic heterocycles. The zero-order valence-electron chi connectivity index (χ0n) is 10.5. The molecule has 1 rings (SSSR count). The summed E-state index contributed by atoms with van der Waals surface area (Å²) in [7, 11) is 0. The number of nitriles is 1. The highest BCUT2D eigenvalue weighted by Crippen LogP contribution is 2.27. The highest BCUT2D eigenvalue weighted by molar-refractivity contribution is 9.10. The van der Waals surface area contributed by atoms with E-state index in [-0.39, 0.29) is 5.91 Å². The van der Waals surface area contributed by atoms with E-state index in [1.54, 1.807) is 18.2 Å². The fourth-order valence-electron chi connectivity index (χ4n) is 1.36. The number of rotatable bonds is 4. The zero-order valence-corrected chi connectivity index (χ0v) is 12.0. The molecule has 5 heteroatoms. The van der Waals surface area contributed by atoms with Crippen LogP contribution in [0.25, 0.3) is 0 Å².